The monoisotopic (exact) mass is 359 g/mol. The third-order valence-electron chi connectivity index (χ3n) is 4.22. The van der Waals surface area contributed by atoms with Gasteiger partial charge in [0.05, 0.1) is 6.33 Å². The van der Waals surface area contributed by atoms with Gasteiger partial charge in [-0.2, -0.15) is 9.97 Å². The Kier molecular flexibility index (Phi) is 4.65. The van der Waals surface area contributed by atoms with Crippen LogP contribution in [0.25, 0.3) is 11.2 Å². The molecule has 7 heteroatoms. The highest BCUT2D eigenvalue weighted by Gasteiger charge is 2.15. The van der Waals surface area contributed by atoms with E-state index in [9.17, 15) is 0 Å². The lowest BCUT2D eigenvalue weighted by Gasteiger charge is -2.12. The lowest BCUT2D eigenvalue weighted by Crippen LogP contribution is -2.07. The summed E-state index contributed by atoms with van der Waals surface area (Å²) in [5, 5.41) is 6.65. The normalized spacial score (nSPS) is 11.1. The van der Waals surface area contributed by atoms with Crippen LogP contribution in [0.4, 0.5) is 17.5 Å². The van der Waals surface area contributed by atoms with Gasteiger partial charge in [0.25, 0.3) is 0 Å². The van der Waals surface area contributed by atoms with Gasteiger partial charge in [0.1, 0.15) is 0 Å². The van der Waals surface area contributed by atoms with E-state index in [1.54, 1.807) is 12.4 Å². The Morgan fingerprint density at radius 1 is 1.00 bits per heavy atom. The largest absolute Gasteiger partial charge is 0.364 e. The van der Waals surface area contributed by atoms with Crippen LogP contribution in [0.15, 0.2) is 61.2 Å². The van der Waals surface area contributed by atoms with Gasteiger partial charge in [0.2, 0.25) is 5.95 Å². The van der Waals surface area contributed by atoms with E-state index in [2.05, 4.69) is 56.5 Å². The molecular weight excluding hydrogens is 338 g/mol. The van der Waals surface area contributed by atoms with Crippen molar-refractivity contribution in [1.29, 1.82) is 0 Å². The summed E-state index contributed by atoms with van der Waals surface area (Å²) in [6.45, 7) is 4.88. The van der Waals surface area contributed by atoms with E-state index in [1.807, 2.05) is 41.2 Å². The number of anilines is 3. The minimum atomic E-state index is 0.251. The van der Waals surface area contributed by atoms with E-state index in [4.69, 9.17) is 0 Å². The summed E-state index contributed by atoms with van der Waals surface area (Å²) in [6.07, 6.45) is 5.27. The second kappa shape index (κ2) is 7.41. The molecule has 0 aliphatic heterocycles. The molecule has 1 aromatic carbocycles. The van der Waals surface area contributed by atoms with Crippen molar-refractivity contribution in [2.45, 2.75) is 26.4 Å². The first kappa shape index (κ1) is 17.0. The van der Waals surface area contributed by atoms with Crippen LogP contribution in [0.5, 0.6) is 0 Å². The summed E-state index contributed by atoms with van der Waals surface area (Å²) in [7, 11) is 0. The smallest absolute Gasteiger partial charge is 0.231 e. The van der Waals surface area contributed by atoms with Crippen molar-refractivity contribution in [3.63, 3.8) is 0 Å². The summed E-state index contributed by atoms with van der Waals surface area (Å²) < 4.78 is 2.04. The lowest BCUT2D eigenvalue weighted by molar-refractivity contribution is 0.613. The van der Waals surface area contributed by atoms with Gasteiger partial charge < -0.3 is 15.2 Å². The molecule has 0 bridgehead atoms. The third-order valence-corrected chi connectivity index (χ3v) is 4.22. The molecule has 27 heavy (non-hydrogen) atoms. The highest BCUT2D eigenvalue weighted by Crippen LogP contribution is 2.25. The number of aromatic nitrogens is 5. The first-order chi connectivity index (χ1) is 13.2. The molecule has 0 atom stereocenters. The molecule has 4 aromatic rings. The number of nitrogens with zero attached hydrogens (tertiary/aromatic N) is 5. The Hall–Kier alpha value is -3.48. The number of nitrogens with one attached hydrogen (secondary N) is 2. The maximum absolute atomic E-state index is 4.69. The second-order valence-corrected chi connectivity index (χ2v) is 6.51. The van der Waals surface area contributed by atoms with E-state index in [0.717, 1.165) is 16.9 Å². The summed E-state index contributed by atoms with van der Waals surface area (Å²) in [6, 6.07) is 14.2. The zero-order valence-electron chi connectivity index (χ0n) is 15.3. The standard InChI is InChI=1S/C20H21N7/c1-14(2)27-13-23-17-18(22-12-15-6-4-3-5-7-15)25-20(26-19(17)27)24-16-8-10-21-11-9-16/h3-11,13-14H,12H2,1-2H3,(H2,21,22,24,25,26). The maximum atomic E-state index is 4.69. The fourth-order valence-corrected chi connectivity index (χ4v) is 2.82. The van der Waals surface area contributed by atoms with Crippen molar-refractivity contribution in [1.82, 2.24) is 24.5 Å². The Morgan fingerprint density at radius 2 is 1.78 bits per heavy atom. The molecule has 0 saturated heterocycles. The molecule has 136 valence electrons. The van der Waals surface area contributed by atoms with Crippen molar-refractivity contribution in [2.75, 3.05) is 10.6 Å². The van der Waals surface area contributed by atoms with Gasteiger partial charge in [0.15, 0.2) is 17.0 Å². The van der Waals surface area contributed by atoms with Gasteiger partial charge in [-0.1, -0.05) is 30.3 Å². The molecular formula is C20H21N7. The molecule has 7 nitrogen and oxygen atoms in total. The minimum Gasteiger partial charge on any atom is -0.364 e. The molecule has 0 amide bonds. The lowest BCUT2D eigenvalue weighted by atomic mass is 10.2. The van der Waals surface area contributed by atoms with Gasteiger partial charge >= 0.3 is 0 Å². The molecule has 2 N–H and O–H groups in total. The van der Waals surface area contributed by atoms with E-state index >= 15 is 0 Å². The summed E-state index contributed by atoms with van der Waals surface area (Å²) >= 11 is 0. The van der Waals surface area contributed by atoms with Crippen LogP contribution in [0.1, 0.15) is 25.5 Å². The average molecular weight is 359 g/mol. The second-order valence-electron chi connectivity index (χ2n) is 6.51. The zero-order valence-corrected chi connectivity index (χ0v) is 15.3. The van der Waals surface area contributed by atoms with Gasteiger partial charge in [-0.3, -0.25) is 4.98 Å². The van der Waals surface area contributed by atoms with Crippen LogP contribution >= 0.6 is 0 Å². The zero-order chi connectivity index (χ0) is 18.6. The fourth-order valence-electron chi connectivity index (χ4n) is 2.82. The number of imidazole rings is 1. The van der Waals surface area contributed by atoms with Crippen molar-refractivity contribution in [2.24, 2.45) is 0 Å². The van der Waals surface area contributed by atoms with E-state index in [0.29, 0.717) is 18.3 Å². The fraction of sp³-hybridized carbons (Fsp3) is 0.200. The van der Waals surface area contributed by atoms with Gasteiger partial charge in [-0.05, 0) is 31.5 Å². The van der Waals surface area contributed by atoms with Crippen LogP contribution in [-0.4, -0.2) is 24.5 Å². The maximum Gasteiger partial charge on any atom is 0.231 e. The number of hydrogen-bond acceptors (Lipinski definition) is 6. The predicted octanol–water partition coefficient (Wildman–Crippen LogP) is 4.16. The van der Waals surface area contributed by atoms with E-state index in [1.165, 1.54) is 5.56 Å². The number of benzene rings is 1. The Morgan fingerprint density at radius 3 is 2.52 bits per heavy atom. The molecule has 0 saturated carbocycles. The Bertz CT molecular complexity index is 1030. The molecule has 0 radical (unpaired) electrons. The van der Waals surface area contributed by atoms with Crippen molar-refractivity contribution < 1.29 is 0 Å². The molecule has 3 aromatic heterocycles. The van der Waals surface area contributed by atoms with Crippen LogP contribution in [0, 0.1) is 0 Å². The van der Waals surface area contributed by atoms with Crippen LogP contribution in [0.3, 0.4) is 0 Å². The van der Waals surface area contributed by atoms with Gasteiger partial charge in [-0.15, -0.1) is 0 Å². The number of hydrogen-bond donors (Lipinski definition) is 2. The predicted molar refractivity (Wildman–Crippen MR) is 107 cm³/mol. The quantitative estimate of drug-likeness (QED) is 0.538. The summed E-state index contributed by atoms with van der Waals surface area (Å²) in [5.41, 5.74) is 3.62. The molecule has 4 rings (SSSR count). The highest BCUT2D eigenvalue weighted by molar-refractivity contribution is 5.84. The summed E-state index contributed by atoms with van der Waals surface area (Å²) in [5.74, 6) is 1.23. The molecule has 0 unspecified atom stereocenters. The molecule has 0 aliphatic carbocycles. The van der Waals surface area contributed by atoms with Gasteiger partial charge in [0, 0.05) is 30.7 Å². The molecule has 0 spiro atoms. The first-order valence-electron chi connectivity index (χ1n) is 8.90. The highest BCUT2D eigenvalue weighted by atomic mass is 15.2. The molecule has 0 aliphatic rings. The van der Waals surface area contributed by atoms with E-state index in [-0.39, 0.29) is 6.04 Å². The van der Waals surface area contributed by atoms with Crippen LogP contribution in [-0.2, 0) is 6.54 Å². The molecule has 3 heterocycles. The van der Waals surface area contributed by atoms with E-state index < -0.39 is 0 Å². The molecule has 0 fully saturated rings. The topological polar surface area (TPSA) is 80.5 Å². The number of rotatable bonds is 6. The van der Waals surface area contributed by atoms with Crippen molar-refractivity contribution >= 4 is 28.6 Å². The number of pyridine rings is 1. The van der Waals surface area contributed by atoms with Crippen LogP contribution in [0.2, 0.25) is 0 Å². The third kappa shape index (κ3) is 3.72. The van der Waals surface area contributed by atoms with Crippen LogP contribution < -0.4 is 10.6 Å². The SMILES string of the molecule is CC(C)n1cnc2c(NCc3ccccc3)nc(Nc3ccncc3)nc21. The summed E-state index contributed by atoms with van der Waals surface area (Å²) in [4.78, 5) is 17.9. The van der Waals surface area contributed by atoms with Crippen molar-refractivity contribution in [3.8, 4) is 0 Å². The Labute approximate surface area is 157 Å². The Balaban J connectivity index is 1.71. The first-order valence-corrected chi connectivity index (χ1v) is 8.90. The minimum absolute atomic E-state index is 0.251. The number of fused-ring (bicyclic) bond motifs is 1. The average Bonchev–Trinajstić information content (AvgIpc) is 3.12. The van der Waals surface area contributed by atoms with Crippen molar-refractivity contribution in [3.05, 3.63) is 66.7 Å². The van der Waals surface area contributed by atoms with Gasteiger partial charge in [-0.25, -0.2) is 4.98 Å².